The predicted molar refractivity (Wildman–Crippen MR) is 60.5 cm³/mol. The van der Waals surface area contributed by atoms with Crippen LogP contribution in [0, 0.1) is 0 Å². The molecule has 0 radical (unpaired) electrons. The maximum absolute atomic E-state index is 11.0. The number of thiophene rings is 1. The summed E-state index contributed by atoms with van der Waals surface area (Å²) in [5.74, 6) is -0.500. The molecule has 2 heterocycles. The van der Waals surface area contributed by atoms with Gasteiger partial charge in [0.25, 0.3) is 5.91 Å². The fraction of sp³-hybridized carbons (Fsp3) is 0. The van der Waals surface area contributed by atoms with Gasteiger partial charge in [-0.05, 0) is 12.1 Å². The van der Waals surface area contributed by atoms with Gasteiger partial charge < -0.3 is 11.5 Å². The molecule has 15 heavy (non-hydrogen) atoms. The van der Waals surface area contributed by atoms with E-state index in [1.807, 2.05) is 18.2 Å². The summed E-state index contributed by atoms with van der Waals surface area (Å²) in [5.41, 5.74) is 12.9. The second-order valence-corrected chi connectivity index (χ2v) is 3.85. The summed E-state index contributed by atoms with van der Waals surface area (Å²) in [6.07, 6.45) is 1.68. The number of aromatic nitrogens is 1. The molecule has 4 N–H and O–H groups in total. The number of hydrogen-bond acceptors (Lipinski definition) is 4. The quantitative estimate of drug-likeness (QED) is 0.802. The number of hydrogen-bond donors (Lipinski definition) is 2. The zero-order valence-corrected chi connectivity index (χ0v) is 8.62. The third-order valence-corrected chi connectivity index (χ3v) is 3.00. The lowest BCUT2D eigenvalue weighted by atomic mass is 10.2. The van der Waals surface area contributed by atoms with E-state index in [4.69, 9.17) is 11.5 Å². The van der Waals surface area contributed by atoms with Crippen LogP contribution in [0.1, 0.15) is 9.67 Å². The second kappa shape index (κ2) is 3.70. The summed E-state index contributed by atoms with van der Waals surface area (Å²) < 4.78 is 0. The average Bonchev–Trinajstić information content (AvgIpc) is 2.61. The molecular weight excluding hydrogens is 210 g/mol. The van der Waals surface area contributed by atoms with Gasteiger partial charge in [0.15, 0.2) is 0 Å². The summed E-state index contributed by atoms with van der Waals surface area (Å²) >= 11 is 1.24. The summed E-state index contributed by atoms with van der Waals surface area (Å²) in [6, 6.07) is 5.52. The fourth-order valence-corrected chi connectivity index (χ4v) is 2.11. The highest BCUT2D eigenvalue weighted by Gasteiger charge is 2.14. The van der Waals surface area contributed by atoms with Crippen LogP contribution in [0.3, 0.4) is 0 Å². The number of rotatable bonds is 2. The van der Waals surface area contributed by atoms with E-state index in [1.165, 1.54) is 11.3 Å². The van der Waals surface area contributed by atoms with Gasteiger partial charge in [-0.15, -0.1) is 11.3 Å². The number of carbonyl (C=O) groups excluding carboxylic acids is 1. The molecule has 0 atom stereocenters. The van der Waals surface area contributed by atoms with Crippen LogP contribution in [0.2, 0.25) is 0 Å². The van der Waals surface area contributed by atoms with Crippen molar-refractivity contribution in [2.45, 2.75) is 0 Å². The third-order valence-electron chi connectivity index (χ3n) is 1.99. The van der Waals surface area contributed by atoms with Gasteiger partial charge in [-0.2, -0.15) is 0 Å². The molecule has 0 aliphatic rings. The Morgan fingerprint density at radius 1 is 1.40 bits per heavy atom. The maximum Gasteiger partial charge on any atom is 0.260 e. The molecule has 4 nitrogen and oxygen atoms in total. The highest BCUT2D eigenvalue weighted by molar-refractivity contribution is 7.13. The highest BCUT2D eigenvalue weighted by atomic mass is 32.1. The Bertz CT molecular complexity index is 493. The van der Waals surface area contributed by atoms with E-state index in [9.17, 15) is 4.79 Å². The lowest BCUT2D eigenvalue weighted by molar-refractivity contribution is 0.100. The van der Waals surface area contributed by atoms with Crippen molar-refractivity contribution >= 4 is 22.9 Å². The molecule has 0 saturated heterocycles. The average molecular weight is 219 g/mol. The van der Waals surface area contributed by atoms with Gasteiger partial charge in [-0.1, -0.05) is 6.07 Å². The van der Waals surface area contributed by atoms with Crippen molar-refractivity contribution in [2.24, 2.45) is 5.73 Å². The number of nitrogens with zero attached hydrogens (tertiary/aromatic N) is 1. The lowest BCUT2D eigenvalue weighted by Gasteiger charge is -1.99. The Balaban J connectivity index is 2.52. The van der Waals surface area contributed by atoms with Crippen LogP contribution in [0.5, 0.6) is 0 Å². The number of nitrogen functional groups attached to an aromatic ring is 1. The largest absolute Gasteiger partial charge is 0.397 e. The van der Waals surface area contributed by atoms with Gasteiger partial charge in [0.05, 0.1) is 11.4 Å². The lowest BCUT2D eigenvalue weighted by Crippen LogP contribution is -2.10. The van der Waals surface area contributed by atoms with Crippen LogP contribution in [0.4, 0.5) is 5.69 Å². The molecule has 76 valence electrons. The number of primary amides is 1. The van der Waals surface area contributed by atoms with E-state index >= 15 is 0 Å². The van der Waals surface area contributed by atoms with Crippen LogP contribution in [-0.2, 0) is 0 Å². The molecule has 5 heteroatoms. The van der Waals surface area contributed by atoms with Crippen LogP contribution in [-0.4, -0.2) is 10.9 Å². The van der Waals surface area contributed by atoms with Crippen molar-refractivity contribution in [1.29, 1.82) is 0 Å². The van der Waals surface area contributed by atoms with Crippen LogP contribution in [0.15, 0.2) is 29.8 Å². The van der Waals surface area contributed by atoms with Crippen LogP contribution < -0.4 is 11.5 Å². The molecule has 0 fully saturated rings. The SMILES string of the molecule is NC(=O)c1scc(-c2ccccn2)c1N. The third kappa shape index (κ3) is 1.69. The molecule has 2 aromatic heterocycles. The standard InChI is InChI=1S/C10H9N3OS/c11-8-6(5-15-9(8)10(12)14)7-3-1-2-4-13-7/h1-5H,11H2,(H2,12,14). The first-order valence-corrected chi connectivity index (χ1v) is 5.16. The zero-order valence-electron chi connectivity index (χ0n) is 7.81. The highest BCUT2D eigenvalue weighted by Crippen LogP contribution is 2.32. The van der Waals surface area contributed by atoms with Crippen molar-refractivity contribution in [3.8, 4) is 11.3 Å². The topological polar surface area (TPSA) is 82.0 Å². The minimum absolute atomic E-state index is 0.385. The predicted octanol–water partition coefficient (Wildman–Crippen LogP) is 1.49. The van der Waals surface area contributed by atoms with E-state index in [0.717, 1.165) is 11.3 Å². The molecule has 1 amide bonds. The molecule has 0 unspecified atom stereocenters. The van der Waals surface area contributed by atoms with Gasteiger partial charge in [0.1, 0.15) is 4.88 Å². The Morgan fingerprint density at radius 2 is 2.20 bits per heavy atom. The van der Waals surface area contributed by atoms with Crippen LogP contribution in [0.25, 0.3) is 11.3 Å². The normalized spacial score (nSPS) is 10.1. The maximum atomic E-state index is 11.0. The zero-order chi connectivity index (χ0) is 10.8. The van der Waals surface area contributed by atoms with Crippen molar-refractivity contribution in [1.82, 2.24) is 4.98 Å². The second-order valence-electron chi connectivity index (χ2n) is 2.97. The van der Waals surface area contributed by atoms with E-state index in [-0.39, 0.29) is 0 Å². The minimum atomic E-state index is -0.500. The Morgan fingerprint density at radius 3 is 2.73 bits per heavy atom. The van der Waals surface area contributed by atoms with E-state index < -0.39 is 5.91 Å². The molecule has 0 aliphatic carbocycles. The minimum Gasteiger partial charge on any atom is -0.397 e. The summed E-state index contributed by atoms with van der Waals surface area (Å²) in [7, 11) is 0. The number of carbonyl (C=O) groups is 1. The van der Waals surface area contributed by atoms with Crippen molar-refractivity contribution < 1.29 is 4.79 Å². The molecular formula is C10H9N3OS. The fourth-order valence-electron chi connectivity index (χ4n) is 1.28. The number of anilines is 1. The van der Waals surface area contributed by atoms with Gasteiger partial charge >= 0.3 is 0 Å². The monoisotopic (exact) mass is 219 g/mol. The molecule has 2 aromatic rings. The number of pyridine rings is 1. The van der Waals surface area contributed by atoms with Crippen molar-refractivity contribution in [2.75, 3.05) is 5.73 Å². The van der Waals surface area contributed by atoms with E-state index in [0.29, 0.717) is 10.6 Å². The smallest absolute Gasteiger partial charge is 0.260 e. The van der Waals surface area contributed by atoms with Crippen LogP contribution >= 0.6 is 11.3 Å². The summed E-state index contributed by atoms with van der Waals surface area (Å²) in [5, 5.41) is 1.79. The first-order chi connectivity index (χ1) is 7.20. The van der Waals surface area contributed by atoms with Crippen molar-refractivity contribution in [3.63, 3.8) is 0 Å². The van der Waals surface area contributed by atoms with Crippen molar-refractivity contribution in [3.05, 3.63) is 34.7 Å². The Kier molecular flexibility index (Phi) is 2.39. The molecule has 2 rings (SSSR count). The van der Waals surface area contributed by atoms with Gasteiger partial charge in [0.2, 0.25) is 0 Å². The van der Waals surface area contributed by atoms with E-state index in [2.05, 4.69) is 4.98 Å². The number of amides is 1. The Hall–Kier alpha value is -1.88. The molecule has 0 saturated carbocycles. The van der Waals surface area contributed by atoms with Gasteiger partial charge in [0, 0.05) is 17.1 Å². The molecule has 0 aromatic carbocycles. The molecule has 0 spiro atoms. The van der Waals surface area contributed by atoms with E-state index in [1.54, 1.807) is 11.6 Å². The molecule has 0 bridgehead atoms. The number of nitrogens with two attached hydrogens (primary N) is 2. The summed E-state index contributed by atoms with van der Waals surface area (Å²) in [4.78, 5) is 15.5. The van der Waals surface area contributed by atoms with Gasteiger partial charge in [-0.25, -0.2) is 0 Å². The first kappa shape index (κ1) is 9.67. The molecule has 0 aliphatic heterocycles. The summed E-state index contributed by atoms with van der Waals surface area (Å²) in [6.45, 7) is 0. The van der Waals surface area contributed by atoms with Gasteiger partial charge in [-0.3, -0.25) is 9.78 Å². The first-order valence-electron chi connectivity index (χ1n) is 4.28. The Labute approximate surface area is 90.6 Å².